The summed E-state index contributed by atoms with van der Waals surface area (Å²) in [4.78, 5) is 30.5. The Labute approximate surface area is 195 Å². The molecule has 172 valence electrons. The topological polar surface area (TPSA) is 94.8 Å². The molecule has 0 spiro atoms. The molecule has 0 bridgehead atoms. The van der Waals surface area contributed by atoms with Gasteiger partial charge in [-0.05, 0) is 30.7 Å². The van der Waals surface area contributed by atoms with Crippen molar-refractivity contribution in [3.05, 3.63) is 80.3 Å². The Bertz CT molecular complexity index is 1100. The van der Waals surface area contributed by atoms with Crippen LogP contribution in [0.4, 0.5) is 5.69 Å². The summed E-state index contributed by atoms with van der Waals surface area (Å²) in [6.07, 6.45) is 2.63. The number of amides is 1. The summed E-state index contributed by atoms with van der Waals surface area (Å²) in [5.74, 6) is 0.486. The van der Waals surface area contributed by atoms with Gasteiger partial charge in [0.25, 0.3) is 11.6 Å². The molecule has 1 unspecified atom stereocenters. The second-order valence-electron chi connectivity index (χ2n) is 7.88. The van der Waals surface area contributed by atoms with Gasteiger partial charge in [-0.15, -0.1) is 11.3 Å². The molecule has 0 N–H and O–H groups in total. The molecule has 1 aliphatic heterocycles. The van der Waals surface area contributed by atoms with Crippen molar-refractivity contribution in [2.75, 3.05) is 20.2 Å². The number of nitro groups is 1. The molecule has 0 saturated carbocycles. The van der Waals surface area contributed by atoms with Gasteiger partial charge in [-0.1, -0.05) is 30.3 Å². The number of benzene rings is 2. The average molecular weight is 468 g/mol. The lowest BCUT2D eigenvalue weighted by atomic mass is 9.92. The summed E-state index contributed by atoms with van der Waals surface area (Å²) in [5, 5.41) is 13.7. The van der Waals surface area contributed by atoms with Gasteiger partial charge in [0.1, 0.15) is 12.2 Å². The van der Waals surface area contributed by atoms with Crippen molar-refractivity contribution in [3.8, 4) is 11.5 Å². The Balaban J connectivity index is 1.55. The molecule has 1 aliphatic rings. The number of nitrogens with zero attached hydrogens (tertiary/aromatic N) is 3. The highest BCUT2D eigenvalue weighted by Crippen LogP contribution is 2.36. The third-order valence-corrected chi connectivity index (χ3v) is 6.49. The smallest absolute Gasteiger partial charge is 0.286 e. The van der Waals surface area contributed by atoms with Crippen molar-refractivity contribution < 1.29 is 19.2 Å². The van der Waals surface area contributed by atoms with E-state index in [2.05, 4.69) is 17.1 Å². The third-order valence-electron chi connectivity index (χ3n) is 5.85. The predicted molar refractivity (Wildman–Crippen MR) is 125 cm³/mol. The van der Waals surface area contributed by atoms with Gasteiger partial charge in [-0.3, -0.25) is 14.9 Å². The van der Waals surface area contributed by atoms with E-state index < -0.39 is 4.92 Å². The minimum atomic E-state index is -0.549. The normalized spacial score (nSPS) is 16.2. The van der Waals surface area contributed by atoms with E-state index in [1.54, 1.807) is 10.4 Å². The van der Waals surface area contributed by atoms with Crippen molar-refractivity contribution >= 4 is 22.9 Å². The van der Waals surface area contributed by atoms with E-state index in [1.807, 2.05) is 23.6 Å². The van der Waals surface area contributed by atoms with E-state index in [0.717, 1.165) is 19.3 Å². The lowest BCUT2D eigenvalue weighted by Gasteiger charge is -2.21. The molecule has 33 heavy (non-hydrogen) atoms. The van der Waals surface area contributed by atoms with Crippen LogP contribution in [-0.4, -0.2) is 40.9 Å². The van der Waals surface area contributed by atoms with Crippen LogP contribution in [0, 0.1) is 10.1 Å². The molecule has 2 aromatic carbocycles. The molecule has 1 atom stereocenters. The summed E-state index contributed by atoms with van der Waals surface area (Å²) in [6.45, 7) is 1.25. The van der Waals surface area contributed by atoms with E-state index in [4.69, 9.17) is 9.47 Å². The van der Waals surface area contributed by atoms with E-state index in [-0.39, 0.29) is 35.3 Å². The zero-order chi connectivity index (χ0) is 23.2. The van der Waals surface area contributed by atoms with Gasteiger partial charge in [0.2, 0.25) is 0 Å². The second-order valence-corrected chi connectivity index (χ2v) is 8.60. The summed E-state index contributed by atoms with van der Waals surface area (Å²) in [5.41, 5.74) is 3.38. The minimum absolute atomic E-state index is 0.0102. The molecule has 1 fully saturated rings. The van der Waals surface area contributed by atoms with Crippen molar-refractivity contribution in [2.24, 2.45) is 0 Å². The number of methoxy groups -OCH3 is 1. The van der Waals surface area contributed by atoms with Crippen molar-refractivity contribution in [2.45, 2.75) is 31.8 Å². The molecule has 0 radical (unpaired) electrons. The SMILES string of the molecule is COc1cc(C(=O)N2CCCC(c3ccccc3)CC2)c([N+](=O)[O-])cc1OCc1cscn1. The first-order valence-corrected chi connectivity index (χ1v) is 11.7. The summed E-state index contributed by atoms with van der Waals surface area (Å²) in [7, 11) is 1.45. The van der Waals surface area contributed by atoms with Crippen molar-refractivity contribution in [1.29, 1.82) is 0 Å². The van der Waals surface area contributed by atoms with Gasteiger partial charge in [0.15, 0.2) is 11.5 Å². The van der Waals surface area contributed by atoms with Crippen LogP contribution >= 0.6 is 11.3 Å². The number of carbonyl (C=O) groups is 1. The van der Waals surface area contributed by atoms with Crippen LogP contribution in [0.5, 0.6) is 11.5 Å². The lowest BCUT2D eigenvalue weighted by Crippen LogP contribution is -2.32. The molecule has 3 aromatic rings. The maximum absolute atomic E-state index is 13.4. The number of carbonyl (C=O) groups excluding carboxylic acids is 1. The number of thiazole rings is 1. The minimum Gasteiger partial charge on any atom is -0.493 e. The van der Waals surface area contributed by atoms with Gasteiger partial charge in [0.05, 0.1) is 29.3 Å². The van der Waals surface area contributed by atoms with Gasteiger partial charge < -0.3 is 14.4 Å². The molecule has 9 heteroatoms. The highest BCUT2D eigenvalue weighted by Gasteiger charge is 2.30. The van der Waals surface area contributed by atoms with Crippen LogP contribution in [0.1, 0.15) is 46.8 Å². The van der Waals surface area contributed by atoms with Gasteiger partial charge in [-0.2, -0.15) is 0 Å². The molecule has 8 nitrogen and oxygen atoms in total. The van der Waals surface area contributed by atoms with E-state index in [9.17, 15) is 14.9 Å². The number of rotatable bonds is 7. The first-order chi connectivity index (χ1) is 16.1. The number of hydrogen-bond acceptors (Lipinski definition) is 7. The highest BCUT2D eigenvalue weighted by molar-refractivity contribution is 7.07. The van der Waals surface area contributed by atoms with Gasteiger partial charge >= 0.3 is 0 Å². The molecule has 1 saturated heterocycles. The van der Waals surface area contributed by atoms with Crippen LogP contribution < -0.4 is 9.47 Å². The first kappa shape index (κ1) is 22.7. The fourth-order valence-electron chi connectivity index (χ4n) is 4.13. The lowest BCUT2D eigenvalue weighted by molar-refractivity contribution is -0.385. The Hall–Kier alpha value is -3.46. The maximum Gasteiger partial charge on any atom is 0.286 e. The number of likely N-dealkylation sites (tertiary alicyclic amines) is 1. The predicted octanol–water partition coefficient (Wildman–Crippen LogP) is 5.05. The summed E-state index contributed by atoms with van der Waals surface area (Å²) >= 11 is 1.43. The standard InChI is InChI=1S/C24H25N3O5S/c1-31-22-12-20(21(27(29)30)13-23(22)32-14-19-15-33-16-25-19)24(28)26-10-5-8-18(9-11-26)17-6-3-2-4-7-17/h2-4,6-7,12-13,15-16,18H,5,8-11,14H2,1H3. The highest BCUT2D eigenvalue weighted by atomic mass is 32.1. The Morgan fingerprint density at radius 3 is 2.73 bits per heavy atom. The van der Waals surface area contributed by atoms with Crippen molar-refractivity contribution in [3.63, 3.8) is 0 Å². The maximum atomic E-state index is 13.4. The second kappa shape index (κ2) is 10.4. The Morgan fingerprint density at radius 2 is 2.03 bits per heavy atom. The molecule has 1 amide bonds. The zero-order valence-corrected chi connectivity index (χ0v) is 19.1. The zero-order valence-electron chi connectivity index (χ0n) is 18.3. The summed E-state index contributed by atoms with van der Waals surface area (Å²) < 4.78 is 11.1. The quantitative estimate of drug-likeness (QED) is 0.357. The van der Waals surface area contributed by atoms with E-state index in [0.29, 0.717) is 24.7 Å². The van der Waals surface area contributed by atoms with E-state index in [1.165, 1.54) is 36.1 Å². The van der Waals surface area contributed by atoms with E-state index >= 15 is 0 Å². The average Bonchev–Trinajstić information content (AvgIpc) is 3.24. The van der Waals surface area contributed by atoms with Crippen LogP contribution in [0.2, 0.25) is 0 Å². The molecule has 0 aliphatic carbocycles. The van der Waals surface area contributed by atoms with Crippen molar-refractivity contribution in [1.82, 2.24) is 9.88 Å². The largest absolute Gasteiger partial charge is 0.493 e. The third kappa shape index (κ3) is 5.31. The number of nitro benzene ring substituents is 1. The fraction of sp³-hybridized carbons (Fsp3) is 0.333. The molecule has 2 heterocycles. The van der Waals surface area contributed by atoms with Gasteiger partial charge in [0, 0.05) is 24.5 Å². The summed E-state index contributed by atoms with van der Waals surface area (Å²) in [6, 6.07) is 12.9. The van der Waals surface area contributed by atoms with Crippen LogP contribution in [-0.2, 0) is 6.61 Å². The Kier molecular flexibility index (Phi) is 7.19. The molecule has 1 aromatic heterocycles. The molecular formula is C24H25N3O5S. The van der Waals surface area contributed by atoms with Crippen LogP contribution in [0.15, 0.2) is 53.4 Å². The molecule has 4 rings (SSSR count). The first-order valence-electron chi connectivity index (χ1n) is 10.8. The van der Waals surface area contributed by atoms with Crippen LogP contribution in [0.3, 0.4) is 0 Å². The number of aromatic nitrogens is 1. The number of ether oxygens (including phenoxy) is 2. The van der Waals surface area contributed by atoms with Gasteiger partial charge in [-0.25, -0.2) is 4.98 Å². The van der Waals surface area contributed by atoms with Crippen LogP contribution in [0.25, 0.3) is 0 Å². The molecular weight excluding hydrogens is 442 g/mol. The fourth-order valence-corrected chi connectivity index (χ4v) is 4.68. The monoisotopic (exact) mass is 467 g/mol. The number of hydrogen-bond donors (Lipinski definition) is 0. The Morgan fingerprint density at radius 1 is 1.21 bits per heavy atom.